The largest absolute Gasteiger partial charge is 0.337 e. The number of fused-ring (bicyclic) bond motifs is 1. The van der Waals surface area contributed by atoms with Crippen molar-refractivity contribution in [3.05, 3.63) is 71.0 Å². The van der Waals surface area contributed by atoms with Gasteiger partial charge in [-0.2, -0.15) is 0 Å². The Morgan fingerprint density at radius 2 is 1.90 bits per heavy atom. The summed E-state index contributed by atoms with van der Waals surface area (Å²) >= 11 is 0. The number of carbonyl (C=O) groups excluding carboxylic acids is 3. The number of nitrogens with one attached hydrogen (secondary N) is 1. The molecule has 2 aromatic carbocycles. The van der Waals surface area contributed by atoms with E-state index in [0.29, 0.717) is 12.0 Å². The molecule has 0 radical (unpaired) electrons. The third-order valence-corrected chi connectivity index (χ3v) is 6.54. The van der Waals surface area contributed by atoms with Gasteiger partial charge in [-0.1, -0.05) is 43.3 Å². The van der Waals surface area contributed by atoms with E-state index >= 15 is 0 Å². The first-order valence-corrected chi connectivity index (χ1v) is 10.6. The third-order valence-electron chi connectivity index (χ3n) is 6.54. The molecule has 0 spiro atoms. The second-order valence-corrected chi connectivity index (χ2v) is 8.20. The fourth-order valence-electron chi connectivity index (χ4n) is 4.69. The van der Waals surface area contributed by atoms with Gasteiger partial charge >= 0.3 is 6.03 Å². The third kappa shape index (κ3) is 3.58. The molecule has 0 saturated carbocycles. The molecular weight excluding hydrogens is 397 g/mol. The topological polar surface area (TPSA) is 69.7 Å². The quantitative estimate of drug-likeness (QED) is 0.748. The normalized spacial score (nSPS) is 22.8. The summed E-state index contributed by atoms with van der Waals surface area (Å²) in [4.78, 5) is 41.6. The lowest BCUT2D eigenvalue weighted by molar-refractivity contribution is -0.140. The first-order valence-electron chi connectivity index (χ1n) is 10.6. The van der Waals surface area contributed by atoms with E-state index in [-0.39, 0.29) is 18.5 Å². The van der Waals surface area contributed by atoms with E-state index in [1.54, 1.807) is 18.9 Å². The van der Waals surface area contributed by atoms with Crippen LogP contribution in [0, 0.1) is 5.82 Å². The summed E-state index contributed by atoms with van der Waals surface area (Å²) in [6.07, 6.45) is 3.10. The molecule has 0 bridgehead atoms. The van der Waals surface area contributed by atoms with Crippen molar-refractivity contribution in [1.29, 1.82) is 0 Å². The smallest absolute Gasteiger partial charge is 0.325 e. The molecule has 6 nitrogen and oxygen atoms in total. The molecule has 1 aliphatic heterocycles. The number of likely N-dealkylation sites (N-methyl/N-ethyl adjacent to an activating group) is 1. The summed E-state index contributed by atoms with van der Waals surface area (Å²) in [5.74, 6) is -1.21. The number of amides is 4. The summed E-state index contributed by atoms with van der Waals surface area (Å²) in [6, 6.07) is 12.9. The van der Waals surface area contributed by atoms with Crippen molar-refractivity contribution in [2.75, 3.05) is 13.6 Å². The van der Waals surface area contributed by atoms with Crippen molar-refractivity contribution in [3.63, 3.8) is 0 Å². The van der Waals surface area contributed by atoms with Gasteiger partial charge < -0.3 is 10.2 Å². The van der Waals surface area contributed by atoms with Gasteiger partial charge in [-0.05, 0) is 54.5 Å². The van der Waals surface area contributed by atoms with Crippen molar-refractivity contribution in [3.8, 4) is 0 Å². The Hall–Kier alpha value is -3.22. The zero-order chi connectivity index (χ0) is 22.2. The summed E-state index contributed by atoms with van der Waals surface area (Å²) < 4.78 is 13.4. The minimum Gasteiger partial charge on any atom is -0.337 e. The molecular formula is C24H26FN3O3. The fourth-order valence-corrected chi connectivity index (χ4v) is 4.69. The van der Waals surface area contributed by atoms with Crippen molar-refractivity contribution < 1.29 is 18.8 Å². The van der Waals surface area contributed by atoms with Crippen molar-refractivity contribution in [2.24, 2.45) is 0 Å². The van der Waals surface area contributed by atoms with E-state index in [1.165, 1.54) is 29.8 Å². The van der Waals surface area contributed by atoms with Crippen molar-refractivity contribution in [1.82, 2.24) is 15.1 Å². The number of urea groups is 1. The Kier molecular flexibility index (Phi) is 5.52. The number of nitrogens with zero attached hydrogens (tertiary/aromatic N) is 2. The molecule has 2 atom stereocenters. The lowest BCUT2D eigenvalue weighted by atomic mass is 9.86. The molecule has 1 aliphatic carbocycles. The van der Waals surface area contributed by atoms with Crippen LogP contribution in [0.15, 0.2) is 48.5 Å². The summed E-state index contributed by atoms with van der Waals surface area (Å²) in [5, 5.41) is 2.74. The van der Waals surface area contributed by atoms with Gasteiger partial charge in [0, 0.05) is 7.05 Å². The van der Waals surface area contributed by atoms with Gasteiger partial charge in [-0.3, -0.25) is 14.5 Å². The van der Waals surface area contributed by atoms with Crippen LogP contribution in [-0.2, 0) is 21.5 Å². The number of hydrogen-bond acceptors (Lipinski definition) is 3. The average molecular weight is 423 g/mol. The Morgan fingerprint density at radius 3 is 2.61 bits per heavy atom. The van der Waals surface area contributed by atoms with Crippen LogP contribution in [0.5, 0.6) is 0 Å². The van der Waals surface area contributed by atoms with Gasteiger partial charge in [0.15, 0.2) is 0 Å². The van der Waals surface area contributed by atoms with Gasteiger partial charge in [-0.25, -0.2) is 9.18 Å². The Bertz CT molecular complexity index is 1020. The van der Waals surface area contributed by atoms with E-state index in [2.05, 4.69) is 11.4 Å². The minimum absolute atomic E-state index is 0.0775. The summed E-state index contributed by atoms with van der Waals surface area (Å²) in [7, 11) is 1.72. The van der Waals surface area contributed by atoms with E-state index in [4.69, 9.17) is 0 Å². The molecule has 7 heteroatoms. The lowest BCUT2D eigenvalue weighted by Gasteiger charge is -2.34. The van der Waals surface area contributed by atoms with E-state index in [0.717, 1.165) is 29.7 Å². The van der Waals surface area contributed by atoms with E-state index in [1.807, 2.05) is 18.2 Å². The second kappa shape index (κ2) is 8.13. The number of carbonyl (C=O) groups is 3. The second-order valence-electron chi connectivity index (χ2n) is 8.20. The van der Waals surface area contributed by atoms with E-state index in [9.17, 15) is 18.8 Å². The monoisotopic (exact) mass is 423 g/mol. The molecule has 4 rings (SSSR count). The molecule has 1 fully saturated rings. The molecule has 1 heterocycles. The zero-order valence-corrected chi connectivity index (χ0v) is 17.7. The van der Waals surface area contributed by atoms with Crippen LogP contribution in [0.1, 0.15) is 48.9 Å². The molecule has 2 aromatic rings. The first-order chi connectivity index (χ1) is 14.9. The van der Waals surface area contributed by atoms with Crippen LogP contribution in [0.25, 0.3) is 0 Å². The van der Waals surface area contributed by atoms with E-state index < -0.39 is 23.3 Å². The molecule has 2 aliphatic rings. The molecule has 4 amide bonds. The van der Waals surface area contributed by atoms with Crippen LogP contribution in [0.4, 0.5) is 9.18 Å². The van der Waals surface area contributed by atoms with Gasteiger partial charge in [0.2, 0.25) is 5.91 Å². The molecule has 1 N–H and O–H groups in total. The fraction of sp³-hybridized carbons (Fsp3) is 0.375. The lowest BCUT2D eigenvalue weighted by Crippen LogP contribution is -2.45. The predicted molar refractivity (Wildman–Crippen MR) is 114 cm³/mol. The van der Waals surface area contributed by atoms with Crippen LogP contribution in [0.2, 0.25) is 0 Å². The van der Waals surface area contributed by atoms with Crippen LogP contribution >= 0.6 is 0 Å². The number of halogens is 1. The highest BCUT2D eigenvalue weighted by Gasteiger charge is 2.52. The maximum Gasteiger partial charge on any atom is 0.325 e. The Balaban J connectivity index is 1.54. The molecule has 2 unspecified atom stereocenters. The molecule has 31 heavy (non-hydrogen) atoms. The van der Waals surface area contributed by atoms with Crippen LogP contribution < -0.4 is 5.32 Å². The number of hydrogen-bond donors (Lipinski definition) is 1. The highest BCUT2D eigenvalue weighted by molar-refractivity contribution is 6.09. The summed E-state index contributed by atoms with van der Waals surface area (Å²) in [6.45, 7) is 1.45. The van der Waals surface area contributed by atoms with Crippen LogP contribution in [-0.4, -0.2) is 41.2 Å². The van der Waals surface area contributed by atoms with Gasteiger partial charge in [-0.15, -0.1) is 0 Å². The van der Waals surface area contributed by atoms with Gasteiger partial charge in [0.25, 0.3) is 5.91 Å². The standard InChI is InChI=1S/C24H26FN3O3/c1-3-24(17-11-13-18(25)14-12-17)22(30)28(23(31)26-24)15-21(29)27(2)20-10-6-8-16-7-4-5-9-19(16)20/h4-5,7,9,11-14,20H,3,6,8,10,15H2,1-2H3,(H,26,31). The Labute approximate surface area is 181 Å². The number of aryl methyl sites for hydroxylation is 1. The SMILES string of the molecule is CCC1(c2ccc(F)cc2)NC(=O)N(CC(=O)N(C)C2CCCc3ccccc32)C1=O. The highest BCUT2D eigenvalue weighted by Crippen LogP contribution is 2.35. The highest BCUT2D eigenvalue weighted by atomic mass is 19.1. The molecule has 162 valence electrons. The number of benzene rings is 2. The Morgan fingerprint density at radius 1 is 1.19 bits per heavy atom. The maximum atomic E-state index is 13.4. The maximum absolute atomic E-state index is 13.4. The van der Waals surface area contributed by atoms with Gasteiger partial charge in [0.1, 0.15) is 17.9 Å². The zero-order valence-electron chi connectivity index (χ0n) is 17.7. The van der Waals surface area contributed by atoms with Crippen LogP contribution in [0.3, 0.4) is 0 Å². The van der Waals surface area contributed by atoms with Crippen molar-refractivity contribution in [2.45, 2.75) is 44.2 Å². The first kappa shape index (κ1) is 21.0. The van der Waals surface area contributed by atoms with Gasteiger partial charge in [0.05, 0.1) is 6.04 Å². The average Bonchev–Trinajstić information content (AvgIpc) is 3.03. The number of imide groups is 1. The molecule has 1 saturated heterocycles. The van der Waals surface area contributed by atoms with Crippen molar-refractivity contribution >= 4 is 17.8 Å². The summed E-state index contributed by atoms with van der Waals surface area (Å²) in [5.41, 5.74) is 1.56. The predicted octanol–water partition coefficient (Wildman–Crippen LogP) is 3.52. The minimum atomic E-state index is -1.29. The number of rotatable bonds is 5. The molecule has 0 aromatic heterocycles.